The van der Waals surface area contributed by atoms with Crippen LogP contribution in [0, 0.1) is 0 Å². The number of rotatable bonds is 9. The number of para-hydroxylation sites is 1. The molecule has 0 aromatic heterocycles. The van der Waals surface area contributed by atoms with E-state index in [1.807, 2.05) is 12.1 Å². The standard InChI is InChI=1S/C14H22N2O4/c1-19-9-8-16-13(17)6-7-15-10-11-4-3-5-12(20-2)14(11)18/h3-5,15,18H,6-10H2,1-2H3,(H,16,17). The number of nitrogens with one attached hydrogen (secondary N) is 2. The van der Waals surface area contributed by atoms with Crippen molar-refractivity contribution in [2.24, 2.45) is 0 Å². The van der Waals surface area contributed by atoms with Crippen molar-refractivity contribution < 1.29 is 19.4 Å². The molecular weight excluding hydrogens is 260 g/mol. The fourth-order valence-electron chi connectivity index (χ4n) is 1.68. The van der Waals surface area contributed by atoms with E-state index < -0.39 is 0 Å². The van der Waals surface area contributed by atoms with Gasteiger partial charge in [0.05, 0.1) is 13.7 Å². The van der Waals surface area contributed by atoms with Crippen molar-refractivity contribution >= 4 is 5.91 Å². The molecule has 0 aliphatic carbocycles. The molecule has 0 saturated carbocycles. The molecule has 3 N–H and O–H groups in total. The lowest BCUT2D eigenvalue weighted by Gasteiger charge is -2.10. The minimum absolute atomic E-state index is 0.0237. The Kier molecular flexibility index (Phi) is 7.46. The minimum Gasteiger partial charge on any atom is -0.504 e. The number of phenolic OH excluding ortho intramolecular Hbond substituents is 1. The van der Waals surface area contributed by atoms with Crippen LogP contribution in [0.15, 0.2) is 18.2 Å². The molecule has 0 spiro atoms. The second-order valence-electron chi connectivity index (χ2n) is 4.24. The second kappa shape index (κ2) is 9.17. The van der Waals surface area contributed by atoms with Crippen LogP contribution >= 0.6 is 0 Å². The zero-order chi connectivity index (χ0) is 14.8. The lowest BCUT2D eigenvalue weighted by Crippen LogP contribution is -2.29. The van der Waals surface area contributed by atoms with Gasteiger partial charge in [0.15, 0.2) is 11.5 Å². The van der Waals surface area contributed by atoms with Crippen LogP contribution in [0.4, 0.5) is 0 Å². The molecule has 20 heavy (non-hydrogen) atoms. The highest BCUT2D eigenvalue weighted by Crippen LogP contribution is 2.28. The zero-order valence-corrected chi connectivity index (χ0v) is 11.9. The van der Waals surface area contributed by atoms with Crippen LogP contribution in [-0.2, 0) is 16.1 Å². The Hall–Kier alpha value is -1.79. The molecule has 1 amide bonds. The first-order valence-electron chi connectivity index (χ1n) is 6.50. The summed E-state index contributed by atoms with van der Waals surface area (Å²) < 4.78 is 9.87. The van der Waals surface area contributed by atoms with E-state index in [1.54, 1.807) is 13.2 Å². The predicted molar refractivity (Wildman–Crippen MR) is 75.9 cm³/mol. The van der Waals surface area contributed by atoms with Gasteiger partial charge in [0.25, 0.3) is 0 Å². The molecule has 0 saturated heterocycles. The fraction of sp³-hybridized carbons (Fsp3) is 0.500. The molecule has 0 fully saturated rings. The molecule has 1 aromatic carbocycles. The van der Waals surface area contributed by atoms with Crippen molar-refractivity contribution in [3.05, 3.63) is 23.8 Å². The zero-order valence-electron chi connectivity index (χ0n) is 11.9. The summed E-state index contributed by atoms with van der Waals surface area (Å²) in [4.78, 5) is 11.4. The number of hydrogen-bond acceptors (Lipinski definition) is 5. The van der Waals surface area contributed by atoms with Gasteiger partial charge in [0, 0.05) is 38.7 Å². The van der Waals surface area contributed by atoms with E-state index in [4.69, 9.17) is 9.47 Å². The van der Waals surface area contributed by atoms with Crippen molar-refractivity contribution in [1.29, 1.82) is 0 Å². The van der Waals surface area contributed by atoms with Crippen molar-refractivity contribution in [2.75, 3.05) is 33.9 Å². The van der Waals surface area contributed by atoms with Crippen molar-refractivity contribution in [3.63, 3.8) is 0 Å². The van der Waals surface area contributed by atoms with Gasteiger partial charge in [-0.15, -0.1) is 0 Å². The number of aromatic hydroxyl groups is 1. The van der Waals surface area contributed by atoms with Crippen LogP contribution in [0.3, 0.4) is 0 Å². The van der Waals surface area contributed by atoms with Gasteiger partial charge >= 0.3 is 0 Å². The average Bonchev–Trinajstić information content (AvgIpc) is 2.45. The molecule has 0 bridgehead atoms. The van der Waals surface area contributed by atoms with Crippen LogP contribution in [0.1, 0.15) is 12.0 Å². The largest absolute Gasteiger partial charge is 0.504 e. The summed E-state index contributed by atoms with van der Waals surface area (Å²) in [6.07, 6.45) is 0.383. The molecular formula is C14H22N2O4. The number of ether oxygens (including phenoxy) is 2. The van der Waals surface area contributed by atoms with Crippen LogP contribution in [0.2, 0.25) is 0 Å². The highest BCUT2D eigenvalue weighted by molar-refractivity contribution is 5.76. The van der Waals surface area contributed by atoms with E-state index in [2.05, 4.69) is 10.6 Å². The third-order valence-corrected chi connectivity index (χ3v) is 2.78. The number of methoxy groups -OCH3 is 2. The van der Waals surface area contributed by atoms with E-state index in [0.29, 0.717) is 38.4 Å². The molecule has 0 unspecified atom stereocenters. The van der Waals surface area contributed by atoms with Crippen molar-refractivity contribution in [3.8, 4) is 11.5 Å². The van der Waals surface area contributed by atoms with Gasteiger partial charge in [-0.2, -0.15) is 0 Å². The van der Waals surface area contributed by atoms with E-state index in [9.17, 15) is 9.90 Å². The van der Waals surface area contributed by atoms with Crippen molar-refractivity contribution in [1.82, 2.24) is 10.6 Å². The van der Waals surface area contributed by atoms with Gasteiger partial charge in [0.2, 0.25) is 5.91 Å². The Morgan fingerprint density at radius 1 is 1.30 bits per heavy atom. The molecule has 0 aliphatic heterocycles. The summed E-state index contributed by atoms with van der Waals surface area (Å²) in [5.74, 6) is 0.554. The number of carbonyl (C=O) groups excluding carboxylic acids is 1. The number of carbonyl (C=O) groups is 1. The molecule has 112 valence electrons. The van der Waals surface area contributed by atoms with E-state index in [0.717, 1.165) is 5.56 Å². The lowest BCUT2D eigenvalue weighted by molar-refractivity contribution is -0.121. The monoisotopic (exact) mass is 282 g/mol. The SMILES string of the molecule is COCCNC(=O)CCNCc1cccc(OC)c1O. The molecule has 1 rings (SSSR count). The Balaban J connectivity index is 2.26. The Morgan fingerprint density at radius 3 is 2.80 bits per heavy atom. The van der Waals surface area contributed by atoms with Gasteiger partial charge < -0.3 is 25.2 Å². The van der Waals surface area contributed by atoms with E-state index >= 15 is 0 Å². The Labute approximate surface area is 119 Å². The molecule has 1 aromatic rings. The average molecular weight is 282 g/mol. The van der Waals surface area contributed by atoms with Crippen LogP contribution in [0.5, 0.6) is 11.5 Å². The highest BCUT2D eigenvalue weighted by Gasteiger charge is 2.07. The van der Waals surface area contributed by atoms with Crippen molar-refractivity contribution in [2.45, 2.75) is 13.0 Å². The Bertz CT molecular complexity index is 424. The number of benzene rings is 1. The van der Waals surface area contributed by atoms with Gasteiger partial charge in [-0.1, -0.05) is 12.1 Å². The lowest BCUT2D eigenvalue weighted by atomic mass is 10.2. The van der Waals surface area contributed by atoms with Gasteiger partial charge in [-0.05, 0) is 6.07 Å². The summed E-state index contributed by atoms with van der Waals surface area (Å²) in [5.41, 5.74) is 0.740. The first-order chi connectivity index (χ1) is 9.69. The summed E-state index contributed by atoms with van der Waals surface area (Å²) in [6.45, 7) is 2.05. The maximum absolute atomic E-state index is 11.4. The summed E-state index contributed by atoms with van der Waals surface area (Å²) in [5, 5.41) is 15.7. The molecule has 6 heteroatoms. The summed E-state index contributed by atoms with van der Waals surface area (Å²) in [7, 11) is 3.10. The van der Waals surface area contributed by atoms with Gasteiger partial charge in [-0.25, -0.2) is 0 Å². The number of phenols is 1. The summed E-state index contributed by atoms with van der Waals surface area (Å²) >= 11 is 0. The Morgan fingerprint density at radius 2 is 2.10 bits per heavy atom. The number of amides is 1. The summed E-state index contributed by atoms with van der Waals surface area (Å²) in [6, 6.07) is 5.32. The maximum atomic E-state index is 11.4. The smallest absolute Gasteiger partial charge is 0.221 e. The molecule has 0 radical (unpaired) electrons. The highest BCUT2D eigenvalue weighted by atomic mass is 16.5. The molecule has 0 atom stereocenters. The third kappa shape index (κ3) is 5.46. The first kappa shape index (κ1) is 16.3. The van der Waals surface area contributed by atoms with Gasteiger partial charge in [-0.3, -0.25) is 4.79 Å². The van der Waals surface area contributed by atoms with E-state index in [-0.39, 0.29) is 11.7 Å². The normalized spacial score (nSPS) is 10.3. The second-order valence-corrected chi connectivity index (χ2v) is 4.24. The van der Waals surface area contributed by atoms with E-state index in [1.165, 1.54) is 7.11 Å². The quantitative estimate of drug-likeness (QED) is 0.579. The minimum atomic E-state index is -0.0237. The maximum Gasteiger partial charge on any atom is 0.221 e. The van der Waals surface area contributed by atoms with Crippen LogP contribution in [0.25, 0.3) is 0 Å². The molecule has 0 heterocycles. The van der Waals surface area contributed by atoms with Crippen LogP contribution < -0.4 is 15.4 Å². The fourth-order valence-corrected chi connectivity index (χ4v) is 1.68. The van der Waals surface area contributed by atoms with Gasteiger partial charge in [0.1, 0.15) is 0 Å². The number of hydrogen-bond donors (Lipinski definition) is 3. The predicted octanol–water partition coefficient (Wildman–Crippen LogP) is 0.643. The molecule has 6 nitrogen and oxygen atoms in total. The van der Waals surface area contributed by atoms with Crippen LogP contribution in [-0.4, -0.2) is 44.9 Å². The molecule has 0 aliphatic rings. The topological polar surface area (TPSA) is 79.8 Å². The first-order valence-corrected chi connectivity index (χ1v) is 6.50. The third-order valence-electron chi connectivity index (χ3n) is 2.78.